The van der Waals surface area contributed by atoms with Gasteiger partial charge < -0.3 is 14.6 Å². The Kier molecular flexibility index (Phi) is 7.10. The first-order chi connectivity index (χ1) is 15.1. The van der Waals surface area contributed by atoms with Crippen LogP contribution in [0.1, 0.15) is 48.2 Å². The summed E-state index contributed by atoms with van der Waals surface area (Å²) in [5.41, 5.74) is 4.34. The van der Waals surface area contributed by atoms with Gasteiger partial charge in [0.05, 0.1) is 28.6 Å². The van der Waals surface area contributed by atoms with Crippen molar-refractivity contribution in [3.05, 3.63) is 52.0 Å². The van der Waals surface area contributed by atoms with Gasteiger partial charge in [0.1, 0.15) is 5.01 Å². The monoisotopic (exact) mass is 457 g/mol. The number of thiazole rings is 1. The average molecular weight is 458 g/mol. The number of hydrogen-bond acceptors (Lipinski definition) is 4. The quantitative estimate of drug-likeness (QED) is 0.477. The maximum atomic E-state index is 13.1. The van der Waals surface area contributed by atoms with E-state index in [2.05, 4.69) is 9.88 Å². The first-order valence-corrected chi connectivity index (χ1v) is 12.0. The molecule has 0 radical (unpaired) electrons. The summed E-state index contributed by atoms with van der Waals surface area (Å²) >= 11 is 7.92. The molecule has 1 aliphatic rings. The number of methoxy groups -OCH3 is 1. The highest BCUT2D eigenvalue weighted by atomic mass is 35.5. The Labute approximate surface area is 192 Å². The normalized spacial score (nSPS) is 14.7. The predicted molar refractivity (Wildman–Crippen MR) is 127 cm³/mol. The van der Waals surface area contributed by atoms with Crippen LogP contribution in [0.25, 0.3) is 22.0 Å². The molecule has 31 heavy (non-hydrogen) atoms. The van der Waals surface area contributed by atoms with E-state index in [1.165, 1.54) is 19.3 Å². The smallest absolute Gasteiger partial charge is 0.253 e. The first kappa shape index (κ1) is 22.1. The Morgan fingerprint density at radius 3 is 2.81 bits per heavy atom. The summed E-state index contributed by atoms with van der Waals surface area (Å²) < 4.78 is 7.45. The molecular weight excluding hydrogens is 430 g/mol. The van der Waals surface area contributed by atoms with Crippen LogP contribution >= 0.6 is 22.9 Å². The summed E-state index contributed by atoms with van der Waals surface area (Å²) in [6.07, 6.45) is 5.77. The molecule has 7 heteroatoms. The van der Waals surface area contributed by atoms with Gasteiger partial charge in [0.25, 0.3) is 5.91 Å². The van der Waals surface area contributed by atoms with E-state index in [0.717, 1.165) is 40.5 Å². The Morgan fingerprint density at radius 1 is 1.29 bits per heavy atom. The fourth-order valence-electron chi connectivity index (χ4n) is 4.22. The molecule has 3 aromatic rings. The number of ether oxygens (including phenoxy) is 1. The van der Waals surface area contributed by atoms with E-state index >= 15 is 0 Å². The second kappa shape index (κ2) is 9.98. The van der Waals surface area contributed by atoms with Crippen molar-refractivity contribution >= 4 is 28.8 Å². The van der Waals surface area contributed by atoms with Gasteiger partial charge in [-0.25, -0.2) is 4.98 Å². The summed E-state index contributed by atoms with van der Waals surface area (Å²) in [6.45, 7) is 3.22. The molecule has 164 valence electrons. The Balaban J connectivity index is 1.66. The third-order valence-corrected chi connectivity index (χ3v) is 7.15. The maximum absolute atomic E-state index is 13.1. The molecule has 0 saturated heterocycles. The largest absolute Gasteiger partial charge is 0.383 e. The standard InChI is InChI=1S/C24H28ClN3O2S/c1-16-19(23(29)26-17-8-4-3-5-9-17)14-22(28(16)12-13-30-2)21-15-31-24(27-21)18-10-6-7-11-20(18)25/h6-7,10-11,14-15,17H,3-5,8-9,12-13H2,1-2H3,(H,26,29). The van der Waals surface area contributed by atoms with Crippen molar-refractivity contribution in [2.75, 3.05) is 13.7 Å². The van der Waals surface area contributed by atoms with Gasteiger partial charge in [-0.3, -0.25) is 4.79 Å². The van der Waals surface area contributed by atoms with Crippen LogP contribution in [0.15, 0.2) is 35.7 Å². The third kappa shape index (κ3) is 4.86. The molecule has 0 bridgehead atoms. The molecule has 2 heterocycles. The number of nitrogens with one attached hydrogen (secondary N) is 1. The zero-order chi connectivity index (χ0) is 21.8. The minimum Gasteiger partial charge on any atom is -0.383 e. The molecule has 1 aromatic carbocycles. The van der Waals surface area contributed by atoms with E-state index in [1.807, 2.05) is 42.6 Å². The van der Waals surface area contributed by atoms with Crippen LogP contribution < -0.4 is 5.32 Å². The summed E-state index contributed by atoms with van der Waals surface area (Å²) in [4.78, 5) is 17.9. The molecule has 2 aromatic heterocycles. The van der Waals surface area contributed by atoms with Crippen molar-refractivity contribution in [1.82, 2.24) is 14.9 Å². The predicted octanol–water partition coefficient (Wildman–Crippen LogP) is 5.95. The highest BCUT2D eigenvalue weighted by Gasteiger charge is 2.23. The first-order valence-electron chi connectivity index (χ1n) is 10.8. The van der Waals surface area contributed by atoms with E-state index in [1.54, 1.807) is 18.4 Å². The number of benzene rings is 1. The Hall–Kier alpha value is -2.15. The SMILES string of the molecule is COCCn1c(-c2csc(-c3ccccc3Cl)n2)cc(C(=O)NC2CCCCC2)c1C. The van der Waals surface area contributed by atoms with Gasteiger partial charge >= 0.3 is 0 Å². The van der Waals surface area contributed by atoms with Gasteiger partial charge in [-0.05, 0) is 31.9 Å². The van der Waals surface area contributed by atoms with Crippen molar-refractivity contribution in [2.45, 2.75) is 51.6 Å². The lowest BCUT2D eigenvalue weighted by Crippen LogP contribution is -2.36. The van der Waals surface area contributed by atoms with Crippen LogP contribution in [-0.2, 0) is 11.3 Å². The lowest BCUT2D eigenvalue weighted by atomic mass is 9.95. The molecular formula is C24H28ClN3O2S. The molecule has 0 aliphatic heterocycles. The molecule has 0 unspecified atom stereocenters. The molecule has 4 rings (SSSR count). The number of carbonyl (C=O) groups excluding carboxylic acids is 1. The summed E-state index contributed by atoms with van der Waals surface area (Å²) in [5.74, 6) is 0.00312. The molecule has 0 spiro atoms. The van der Waals surface area contributed by atoms with E-state index in [-0.39, 0.29) is 11.9 Å². The zero-order valence-corrected chi connectivity index (χ0v) is 19.6. The van der Waals surface area contributed by atoms with Crippen LogP contribution in [0, 0.1) is 6.92 Å². The summed E-state index contributed by atoms with van der Waals surface area (Å²) in [7, 11) is 1.69. The minimum atomic E-state index is 0.00312. The number of amides is 1. The van der Waals surface area contributed by atoms with Crippen LogP contribution in [0.3, 0.4) is 0 Å². The van der Waals surface area contributed by atoms with Crippen LogP contribution in [0.2, 0.25) is 5.02 Å². The Bertz CT molecular complexity index is 1050. The second-order valence-corrected chi connectivity index (χ2v) is 9.26. The van der Waals surface area contributed by atoms with E-state index in [0.29, 0.717) is 23.7 Å². The number of rotatable bonds is 7. The summed E-state index contributed by atoms with van der Waals surface area (Å²) in [5, 5.41) is 6.82. The minimum absolute atomic E-state index is 0.00312. The number of aromatic nitrogens is 2. The molecule has 1 amide bonds. The highest BCUT2D eigenvalue weighted by molar-refractivity contribution is 7.13. The van der Waals surface area contributed by atoms with E-state index < -0.39 is 0 Å². The molecule has 0 atom stereocenters. The van der Waals surface area contributed by atoms with Crippen molar-refractivity contribution in [3.8, 4) is 22.0 Å². The topological polar surface area (TPSA) is 56.2 Å². The van der Waals surface area contributed by atoms with Crippen molar-refractivity contribution in [2.24, 2.45) is 0 Å². The van der Waals surface area contributed by atoms with Crippen molar-refractivity contribution in [3.63, 3.8) is 0 Å². The van der Waals surface area contributed by atoms with Gasteiger partial charge in [-0.15, -0.1) is 11.3 Å². The fraction of sp³-hybridized carbons (Fsp3) is 0.417. The molecule has 1 saturated carbocycles. The van der Waals surface area contributed by atoms with Gasteiger partial charge in [0, 0.05) is 36.3 Å². The lowest BCUT2D eigenvalue weighted by Gasteiger charge is -2.22. The number of carbonyl (C=O) groups is 1. The van der Waals surface area contributed by atoms with Gasteiger partial charge in [0.15, 0.2) is 0 Å². The van der Waals surface area contributed by atoms with Gasteiger partial charge in [-0.1, -0.05) is 49.1 Å². The number of hydrogen-bond donors (Lipinski definition) is 1. The Morgan fingerprint density at radius 2 is 2.06 bits per heavy atom. The number of nitrogens with zero attached hydrogens (tertiary/aromatic N) is 2. The summed E-state index contributed by atoms with van der Waals surface area (Å²) in [6, 6.07) is 9.96. The van der Waals surface area contributed by atoms with E-state index in [9.17, 15) is 4.79 Å². The van der Waals surface area contributed by atoms with Gasteiger partial charge in [0.2, 0.25) is 0 Å². The average Bonchev–Trinajstić information content (AvgIpc) is 3.38. The van der Waals surface area contributed by atoms with Crippen LogP contribution in [0.4, 0.5) is 0 Å². The maximum Gasteiger partial charge on any atom is 0.253 e. The molecule has 1 fully saturated rings. The van der Waals surface area contributed by atoms with Gasteiger partial charge in [-0.2, -0.15) is 0 Å². The van der Waals surface area contributed by atoms with Crippen molar-refractivity contribution < 1.29 is 9.53 Å². The molecule has 1 N–H and O–H groups in total. The second-order valence-electron chi connectivity index (χ2n) is 8.00. The van der Waals surface area contributed by atoms with Crippen LogP contribution in [0.5, 0.6) is 0 Å². The highest BCUT2D eigenvalue weighted by Crippen LogP contribution is 2.34. The molecule has 1 aliphatic carbocycles. The van der Waals surface area contributed by atoms with E-state index in [4.69, 9.17) is 21.3 Å². The fourth-order valence-corrected chi connectivity index (χ4v) is 5.35. The van der Waals surface area contributed by atoms with Crippen LogP contribution in [-0.4, -0.2) is 35.2 Å². The zero-order valence-electron chi connectivity index (χ0n) is 18.0. The van der Waals surface area contributed by atoms with Crippen molar-refractivity contribution in [1.29, 1.82) is 0 Å². The lowest BCUT2D eigenvalue weighted by molar-refractivity contribution is 0.0927. The number of halogens is 1. The molecule has 5 nitrogen and oxygen atoms in total. The third-order valence-electron chi connectivity index (χ3n) is 5.94.